The average Bonchev–Trinajstić information content (AvgIpc) is 2.69. The van der Waals surface area contributed by atoms with Gasteiger partial charge in [0.2, 0.25) is 0 Å². The van der Waals surface area contributed by atoms with Gasteiger partial charge in [-0.25, -0.2) is 0 Å². The molecule has 4 nitrogen and oxygen atoms in total. The van der Waals surface area contributed by atoms with E-state index in [0.717, 1.165) is 12.0 Å². The maximum atomic E-state index is 12.7. The molecule has 3 aromatic rings. The monoisotopic (exact) mass is 358 g/mol. The van der Waals surface area contributed by atoms with Gasteiger partial charge in [-0.2, -0.15) is 0 Å². The summed E-state index contributed by atoms with van der Waals surface area (Å²) in [6.07, 6.45) is 0.741. The van der Waals surface area contributed by atoms with E-state index < -0.39 is 0 Å². The Labute approximate surface area is 159 Å². The molecule has 3 aromatic carbocycles. The Balaban J connectivity index is 1.69. The molecule has 4 heteroatoms. The van der Waals surface area contributed by atoms with Gasteiger partial charge in [-0.15, -0.1) is 0 Å². The van der Waals surface area contributed by atoms with E-state index in [2.05, 4.69) is 10.6 Å². The van der Waals surface area contributed by atoms with Crippen molar-refractivity contribution in [3.8, 4) is 0 Å². The first-order valence-electron chi connectivity index (χ1n) is 8.93. The smallest absolute Gasteiger partial charge is 0.255 e. The number of anilines is 1. The Morgan fingerprint density at radius 1 is 0.778 bits per heavy atom. The van der Waals surface area contributed by atoms with Crippen LogP contribution in [-0.4, -0.2) is 17.9 Å². The number of carbonyl (C=O) groups is 2. The highest BCUT2D eigenvalue weighted by atomic mass is 16.2. The zero-order chi connectivity index (χ0) is 19.1. The minimum atomic E-state index is -0.242. The van der Waals surface area contributed by atoms with Crippen LogP contribution in [0.15, 0.2) is 84.9 Å². The van der Waals surface area contributed by atoms with Gasteiger partial charge in [0.05, 0.1) is 11.3 Å². The fourth-order valence-corrected chi connectivity index (χ4v) is 2.89. The van der Waals surface area contributed by atoms with Crippen LogP contribution in [-0.2, 0) is 6.42 Å². The van der Waals surface area contributed by atoms with Gasteiger partial charge in [0, 0.05) is 11.6 Å². The molecule has 2 N–H and O–H groups in total. The fraction of sp³-hybridized carbons (Fsp3) is 0.130. The van der Waals surface area contributed by atoms with Crippen LogP contribution < -0.4 is 10.6 Å². The molecule has 0 saturated carbocycles. The van der Waals surface area contributed by atoms with Gasteiger partial charge >= 0.3 is 0 Å². The molecule has 0 heterocycles. The molecule has 27 heavy (non-hydrogen) atoms. The van der Waals surface area contributed by atoms with Crippen molar-refractivity contribution in [3.63, 3.8) is 0 Å². The lowest BCUT2D eigenvalue weighted by Crippen LogP contribution is -2.34. The van der Waals surface area contributed by atoms with Crippen LogP contribution in [0.25, 0.3) is 0 Å². The first-order valence-corrected chi connectivity index (χ1v) is 8.93. The number of nitrogens with one attached hydrogen (secondary N) is 2. The Morgan fingerprint density at radius 3 is 2.07 bits per heavy atom. The number of rotatable bonds is 6. The van der Waals surface area contributed by atoms with Crippen molar-refractivity contribution in [2.75, 3.05) is 5.32 Å². The van der Waals surface area contributed by atoms with Gasteiger partial charge in [0.1, 0.15) is 0 Å². The second kappa shape index (κ2) is 8.81. The van der Waals surface area contributed by atoms with Crippen molar-refractivity contribution in [1.29, 1.82) is 0 Å². The lowest BCUT2D eigenvalue weighted by atomic mass is 10.1. The molecule has 0 aliphatic rings. The minimum absolute atomic E-state index is 0.0298. The highest BCUT2D eigenvalue weighted by Crippen LogP contribution is 2.17. The highest BCUT2D eigenvalue weighted by molar-refractivity contribution is 6.09. The number of benzene rings is 3. The quantitative estimate of drug-likeness (QED) is 0.690. The molecule has 0 unspecified atom stereocenters. The normalized spacial score (nSPS) is 11.4. The number of hydrogen-bond donors (Lipinski definition) is 2. The van der Waals surface area contributed by atoms with Crippen molar-refractivity contribution in [2.24, 2.45) is 0 Å². The summed E-state index contributed by atoms with van der Waals surface area (Å²) in [5.41, 5.74) is 2.65. The molecule has 0 aliphatic heterocycles. The van der Waals surface area contributed by atoms with Crippen LogP contribution in [0.2, 0.25) is 0 Å². The molecule has 0 radical (unpaired) electrons. The maximum absolute atomic E-state index is 12.7. The third-order valence-corrected chi connectivity index (χ3v) is 4.22. The summed E-state index contributed by atoms with van der Waals surface area (Å²) in [7, 11) is 0. The zero-order valence-electron chi connectivity index (χ0n) is 15.2. The molecule has 3 rings (SSSR count). The molecule has 0 fully saturated rings. The third kappa shape index (κ3) is 5.05. The number of hydrogen-bond acceptors (Lipinski definition) is 2. The summed E-state index contributed by atoms with van der Waals surface area (Å²) < 4.78 is 0. The molecular formula is C23H22N2O2. The summed E-state index contributed by atoms with van der Waals surface area (Å²) in [5, 5.41) is 5.84. The minimum Gasteiger partial charge on any atom is -0.349 e. The predicted molar refractivity (Wildman–Crippen MR) is 108 cm³/mol. The van der Waals surface area contributed by atoms with E-state index in [1.807, 2.05) is 43.3 Å². The van der Waals surface area contributed by atoms with Gasteiger partial charge in [-0.3, -0.25) is 9.59 Å². The first-order chi connectivity index (χ1) is 13.1. The molecule has 0 spiro atoms. The number of amides is 2. The van der Waals surface area contributed by atoms with E-state index in [1.165, 1.54) is 0 Å². The lowest BCUT2D eigenvalue weighted by molar-refractivity contribution is 0.0941. The molecule has 1 atom stereocenters. The maximum Gasteiger partial charge on any atom is 0.255 e. The second-order valence-electron chi connectivity index (χ2n) is 6.43. The van der Waals surface area contributed by atoms with Gasteiger partial charge in [0.15, 0.2) is 0 Å². The van der Waals surface area contributed by atoms with E-state index in [0.29, 0.717) is 16.8 Å². The highest BCUT2D eigenvalue weighted by Gasteiger charge is 2.16. The van der Waals surface area contributed by atoms with Crippen LogP contribution in [0.4, 0.5) is 5.69 Å². The second-order valence-corrected chi connectivity index (χ2v) is 6.43. The van der Waals surface area contributed by atoms with E-state index in [1.54, 1.807) is 48.5 Å². The summed E-state index contributed by atoms with van der Waals surface area (Å²) in [5.74, 6) is -0.449. The zero-order valence-corrected chi connectivity index (χ0v) is 15.2. The van der Waals surface area contributed by atoms with Crippen LogP contribution in [0.3, 0.4) is 0 Å². The van der Waals surface area contributed by atoms with E-state index in [4.69, 9.17) is 0 Å². The number of carbonyl (C=O) groups excluding carboxylic acids is 2. The van der Waals surface area contributed by atoms with Gasteiger partial charge in [-0.1, -0.05) is 60.7 Å². The Hall–Kier alpha value is -3.40. The van der Waals surface area contributed by atoms with Gasteiger partial charge in [-0.05, 0) is 43.2 Å². The summed E-state index contributed by atoms with van der Waals surface area (Å²) in [6, 6.07) is 26.0. The Kier molecular flexibility index (Phi) is 6.00. The van der Waals surface area contributed by atoms with Crippen molar-refractivity contribution >= 4 is 17.5 Å². The molecule has 0 bridgehead atoms. The summed E-state index contributed by atoms with van der Waals surface area (Å²) in [4.78, 5) is 25.1. The molecule has 0 saturated heterocycles. The molecule has 0 aromatic heterocycles. The number of para-hydroxylation sites is 1. The summed E-state index contributed by atoms with van der Waals surface area (Å²) >= 11 is 0. The van der Waals surface area contributed by atoms with Crippen molar-refractivity contribution in [2.45, 2.75) is 19.4 Å². The van der Waals surface area contributed by atoms with Crippen LogP contribution in [0.1, 0.15) is 33.2 Å². The van der Waals surface area contributed by atoms with Crippen molar-refractivity contribution < 1.29 is 9.59 Å². The lowest BCUT2D eigenvalue weighted by Gasteiger charge is -2.16. The molecule has 136 valence electrons. The molecular weight excluding hydrogens is 336 g/mol. The average molecular weight is 358 g/mol. The third-order valence-electron chi connectivity index (χ3n) is 4.22. The van der Waals surface area contributed by atoms with Crippen LogP contribution >= 0.6 is 0 Å². The van der Waals surface area contributed by atoms with Crippen molar-refractivity contribution in [3.05, 3.63) is 102 Å². The Bertz CT molecular complexity index is 908. The van der Waals surface area contributed by atoms with Crippen LogP contribution in [0, 0.1) is 0 Å². The predicted octanol–water partition coefficient (Wildman–Crippen LogP) is 4.30. The van der Waals surface area contributed by atoms with E-state index in [-0.39, 0.29) is 17.9 Å². The van der Waals surface area contributed by atoms with Crippen LogP contribution in [0.5, 0.6) is 0 Å². The Morgan fingerprint density at radius 2 is 1.37 bits per heavy atom. The largest absolute Gasteiger partial charge is 0.349 e. The van der Waals surface area contributed by atoms with Crippen molar-refractivity contribution in [1.82, 2.24) is 5.32 Å². The van der Waals surface area contributed by atoms with E-state index in [9.17, 15) is 9.59 Å². The fourth-order valence-electron chi connectivity index (χ4n) is 2.89. The van der Waals surface area contributed by atoms with Gasteiger partial charge in [0.25, 0.3) is 11.8 Å². The van der Waals surface area contributed by atoms with E-state index >= 15 is 0 Å². The van der Waals surface area contributed by atoms with Gasteiger partial charge < -0.3 is 10.6 Å². The molecule has 2 amide bonds. The molecule has 0 aliphatic carbocycles. The SMILES string of the molecule is C[C@@H](Cc1ccccc1)NC(=O)c1ccccc1NC(=O)c1ccccc1. The first kappa shape index (κ1) is 18.4. The standard InChI is InChI=1S/C23H22N2O2/c1-17(16-18-10-4-2-5-11-18)24-23(27)20-14-8-9-15-21(20)25-22(26)19-12-6-3-7-13-19/h2-15,17H,16H2,1H3,(H,24,27)(H,25,26)/t17-/m0/s1. The topological polar surface area (TPSA) is 58.2 Å². The summed E-state index contributed by atoms with van der Waals surface area (Å²) in [6.45, 7) is 1.97.